The van der Waals surface area contributed by atoms with Gasteiger partial charge in [0.25, 0.3) is 5.69 Å². The van der Waals surface area contributed by atoms with Crippen molar-refractivity contribution in [3.8, 4) is 0 Å². The van der Waals surface area contributed by atoms with Crippen LogP contribution in [-0.2, 0) is 0 Å². The second kappa shape index (κ2) is 4.62. The molecule has 1 atom stereocenters. The highest BCUT2D eigenvalue weighted by atomic mass is 79.9. The largest absolute Gasteiger partial charge is 0.378 e. The molecule has 1 aromatic heterocycles. The molecule has 6 heteroatoms. The summed E-state index contributed by atoms with van der Waals surface area (Å²) in [6.07, 6.45) is 1.76. The van der Waals surface area contributed by atoms with Gasteiger partial charge in [0.15, 0.2) is 0 Å². The molecule has 19 heavy (non-hydrogen) atoms. The molecule has 0 spiro atoms. The molecule has 1 N–H and O–H groups in total. The summed E-state index contributed by atoms with van der Waals surface area (Å²) in [5.41, 5.74) is 2.88. The zero-order valence-corrected chi connectivity index (χ0v) is 11.4. The van der Waals surface area contributed by atoms with Gasteiger partial charge in [-0.1, -0.05) is 12.1 Å². The Morgan fingerprint density at radius 2 is 2.21 bits per heavy atom. The Bertz CT molecular complexity index is 637. The normalized spacial score (nSPS) is 15.7. The number of hydrogen-bond donors (Lipinski definition) is 1. The van der Waals surface area contributed by atoms with Gasteiger partial charge in [0, 0.05) is 29.2 Å². The molecule has 96 valence electrons. The lowest BCUT2D eigenvalue weighted by Crippen LogP contribution is -2.06. The summed E-state index contributed by atoms with van der Waals surface area (Å²) in [5, 5.41) is 14.1. The first-order valence-corrected chi connectivity index (χ1v) is 6.59. The smallest absolute Gasteiger partial charge is 0.293 e. The second-order valence-electron chi connectivity index (χ2n) is 4.30. The number of rotatable bonds is 4. The number of nitro groups is 1. The molecule has 0 fully saturated rings. The van der Waals surface area contributed by atoms with E-state index in [2.05, 4.69) is 26.2 Å². The van der Waals surface area contributed by atoms with E-state index in [0.29, 0.717) is 16.7 Å². The van der Waals surface area contributed by atoms with E-state index in [1.807, 2.05) is 12.1 Å². The SMILES string of the molecule is O=[N+]([O-])c1cccc(Br)c1NCC1c2cccnc21. The first kappa shape index (κ1) is 12.1. The molecule has 1 aliphatic rings. The van der Waals surface area contributed by atoms with Crippen LogP contribution in [0.1, 0.15) is 17.2 Å². The molecular weight excluding hydrogens is 310 g/mol. The minimum absolute atomic E-state index is 0.0760. The van der Waals surface area contributed by atoms with Crippen LogP contribution in [0.2, 0.25) is 0 Å². The number of anilines is 1. The van der Waals surface area contributed by atoms with Crippen molar-refractivity contribution >= 4 is 27.3 Å². The molecular formula is C13H10BrN3O2. The molecule has 5 nitrogen and oxygen atoms in total. The summed E-state index contributed by atoms with van der Waals surface area (Å²) in [6.45, 7) is 0.621. The first-order valence-electron chi connectivity index (χ1n) is 5.80. The second-order valence-corrected chi connectivity index (χ2v) is 5.16. The monoisotopic (exact) mass is 319 g/mol. The number of nitrogens with zero attached hydrogens (tertiary/aromatic N) is 2. The number of pyridine rings is 1. The highest BCUT2D eigenvalue weighted by Gasteiger charge is 2.34. The fraction of sp³-hybridized carbons (Fsp3) is 0.154. The van der Waals surface area contributed by atoms with Crippen LogP contribution in [-0.4, -0.2) is 16.5 Å². The van der Waals surface area contributed by atoms with Crippen molar-refractivity contribution in [1.29, 1.82) is 0 Å². The third-order valence-electron chi connectivity index (χ3n) is 3.16. The van der Waals surface area contributed by atoms with Gasteiger partial charge < -0.3 is 5.32 Å². The standard InChI is InChI=1S/C13H10BrN3O2/c14-10-4-1-5-11(17(18)19)13(10)16-7-9-8-3-2-6-15-12(8)9/h1-6,9,16H,7H2. The van der Waals surface area contributed by atoms with Crippen molar-refractivity contribution in [2.75, 3.05) is 11.9 Å². The van der Waals surface area contributed by atoms with E-state index in [1.54, 1.807) is 18.3 Å². The molecule has 1 aromatic carbocycles. The molecule has 1 aliphatic carbocycles. The molecule has 0 aliphatic heterocycles. The zero-order chi connectivity index (χ0) is 13.4. The third kappa shape index (κ3) is 2.19. The van der Waals surface area contributed by atoms with Gasteiger partial charge in [-0.3, -0.25) is 15.1 Å². The van der Waals surface area contributed by atoms with Crippen LogP contribution in [0.25, 0.3) is 0 Å². The van der Waals surface area contributed by atoms with E-state index in [9.17, 15) is 10.1 Å². The molecule has 0 bridgehead atoms. The third-order valence-corrected chi connectivity index (χ3v) is 3.83. The molecule has 1 heterocycles. The lowest BCUT2D eigenvalue weighted by atomic mass is 10.2. The van der Waals surface area contributed by atoms with E-state index in [4.69, 9.17) is 0 Å². The summed E-state index contributed by atoms with van der Waals surface area (Å²) in [7, 11) is 0. The fourth-order valence-electron chi connectivity index (χ4n) is 2.16. The number of hydrogen-bond acceptors (Lipinski definition) is 4. The topological polar surface area (TPSA) is 68.1 Å². The Labute approximate surface area is 118 Å². The van der Waals surface area contributed by atoms with Crippen LogP contribution < -0.4 is 5.32 Å². The van der Waals surface area contributed by atoms with Gasteiger partial charge in [-0.05, 0) is 33.6 Å². The molecule has 0 saturated carbocycles. The number of halogens is 1. The van der Waals surface area contributed by atoms with Crippen molar-refractivity contribution < 1.29 is 4.92 Å². The zero-order valence-electron chi connectivity index (χ0n) is 9.84. The van der Waals surface area contributed by atoms with Crippen LogP contribution in [0.5, 0.6) is 0 Å². The van der Waals surface area contributed by atoms with Crippen molar-refractivity contribution in [2.45, 2.75) is 5.92 Å². The summed E-state index contributed by atoms with van der Waals surface area (Å²) in [5.74, 6) is 0.265. The number of nitro benzene ring substituents is 1. The maximum atomic E-state index is 11.0. The summed E-state index contributed by atoms with van der Waals surface area (Å²) in [6, 6.07) is 8.86. The lowest BCUT2D eigenvalue weighted by Gasteiger charge is -2.08. The van der Waals surface area contributed by atoms with Gasteiger partial charge in [0.2, 0.25) is 0 Å². The predicted molar refractivity (Wildman–Crippen MR) is 75.4 cm³/mol. The predicted octanol–water partition coefficient (Wildman–Crippen LogP) is 3.31. The maximum absolute atomic E-state index is 11.0. The number of aromatic nitrogens is 1. The van der Waals surface area contributed by atoms with E-state index in [0.717, 1.165) is 5.69 Å². The average molecular weight is 320 g/mol. The van der Waals surface area contributed by atoms with Crippen molar-refractivity contribution in [3.05, 3.63) is 62.4 Å². The number of nitrogens with one attached hydrogen (secondary N) is 1. The molecule has 0 amide bonds. The Hall–Kier alpha value is -1.95. The van der Waals surface area contributed by atoms with E-state index < -0.39 is 0 Å². The van der Waals surface area contributed by atoms with Crippen LogP contribution in [0.3, 0.4) is 0 Å². The van der Waals surface area contributed by atoms with Crippen molar-refractivity contribution in [2.24, 2.45) is 0 Å². The number of fused-ring (bicyclic) bond motifs is 1. The Balaban J connectivity index is 1.77. The Kier molecular flexibility index (Phi) is 2.94. The van der Waals surface area contributed by atoms with Crippen LogP contribution in [0.4, 0.5) is 11.4 Å². The maximum Gasteiger partial charge on any atom is 0.293 e. The number of benzene rings is 1. The van der Waals surface area contributed by atoms with Crippen molar-refractivity contribution in [1.82, 2.24) is 4.98 Å². The molecule has 0 saturated heterocycles. The van der Waals surface area contributed by atoms with Gasteiger partial charge in [-0.2, -0.15) is 0 Å². The molecule has 2 aromatic rings. The van der Waals surface area contributed by atoms with Crippen LogP contribution >= 0.6 is 15.9 Å². The highest BCUT2D eigenvalue weighted by molar-refractivity contribution is 9.10. The molecule has 1 unspecified atom stereocenters. The highest BCUT2D eigenvalue weighted by Crippen LogP contribution is 2.42. The minimum atomic E-state index is -0.384. The van der Waals surface area contributed by atoms with Crippen LogP contribution in [0.15, 0.2) is 41.0 Å². The fourth-order valence-corrected chi connectivity index (χ4v) is 2.66. The van der Waals surface area contributed by atoms with Crippen LogP contribution in [0, 0.1) is 10.1 Å². The van der Waals surface area contributed by atoms with E-state index in [1.165, 1.54) is 11.6 Å². The van der Waals surface area contributed by atoms with Gasteiger partial charge in [0.05, 0.1) is 10.6 Å². The lowest BCUT2D eigenvalue weighted by molar-refractivity contribution is -0.384. The summed E-state index contributed by atoms with van der Waals surface area (Å²) >= 11 is 3.34. The van der Waals surface area contributed by atoms with Crippen molar-refractivity contribution in [3.63, 3.8) is 0 Å². The van der Waals surface area contributed by atoms with Gasteiger partial charge in [-0.25, -0.2) is 0 Å². The molecule has 3 rings (SSSR count). The molecule has 0 radical (unpaired) electrons. The Morgan fingerprint density at radius 3 is 2.89 bits per heavy atom. The van der Waals surface area contributed by atoms with Gasteiger partial charge in [0.1, 0.15) is 5.69 Å². The van der Waals surface area contributed by atoms with E-state index in [-0.39, 0.29) is 16.5 Å². The minimum Gasteiger partial charge on any atom is -0.378 e. The quantitative estimate of drug-likeness (QED) is 0.693. The van der Waals surface area contributed by atoms with E-state index >= 15 is 0 Å². The average Bonchev–Trinajstić information content (AvgIpc) is 3.10. The number of para-hydroxylation sites is 1. The summed E-state index contributed by atoms with van der Waals surface area (Å²) < 4.78 is 0.694. The van der Waals surface area contributed by atoms with Gasteiger partial charge in [-0.15, -0.1) is 0 Å². The summed E-state index contributed by atoms with van der Waals surface area (Å²) in [4.78, 5) is 14.9. The Morgan fingerprint density at radius 1 is 1.37 bits per heavy atom. The van der Waals surface area contributed by atoms with Gasteiger partial charge >= 0.3 is 0 Å². The first-order chi connectivity index (χ1) is 9.18.